The molecule has 2 aromatic rings. The third-order valence-corrected chi connectivity index (χ3v) is 8.29. The van der Waals surface area contributed by atoms with E-state index < -0.39 is 37.4 Å². The molecule has 2 aliphatic rings. The van der Waals surface area contributed by atoms with Crippen LogP contribution in [0.2, 0.25) is 0 Å². The number of halogens is 1. The van der Waals surface area contributed by atoms with Crippen LogP contribution in [-0.2, 0) is 23.7 Å². The minimum absolute atomic E-state index is 0.0421. The highest BCUT2D eigenvalue weighted by Gasteiger charge is 2.46. The highest BCUT2D eigenvalue weighted by molar-refractivity contribution is 8.52. The summed E-state index contributed by atoms with van der Waals surface area (Å²) in [6.45, 7) is 1.77. The molecular formula is C23H24FN4O5PS. The summed E-state index contributed by atoms with van der Waals surface area (Å²) < 4.78 is 22.0. The molecule has 184 valence electrons. The minimum Gasteiger partial charge on any atom is -0.403 e. The van der Waals surface area contributed by atoms with Gasteiger partial charge in [0.25, 0.3) is 0 Å². The summed E-state index contributed by atoms with van der Waals surface area (Å²) in [6.07, 6.45) is 6.29. The number of hydrogen-bond acceptors (Lipinski definition) is 8. The van der Waals surface area contributed by atoms with E-state index in [1.54, 1.807) is 57.0 Å². The Morgan fingerprint density at radius 3 is 2.40 bits per heavy atom. The molecule has 12 heteroatoms. The van der Waals surface area contributed by atoms with Crippen LogP contribution in [0.1, 0.15) is 42.9 Å². The van der Waals surface area contributed by atoms with E-state index in [-0.39, 0.29) is 36.4 Å². The number of carbonyl (C=O) groups excluding carboxylic acids is 4. The number of nitrogens with zero attached hydrogens (tertiary/aromatic N) is 3. The van der Waals surface area contributed by atoms with E-state index in [0.717, 1.165) is 5.56 Å². The molecule has 4 rings (SSSR count). The van der Waals surface area contributed by atoms with Crippen molar-refractivity contribution in [1.29, 1.82) is 0 Å². The average molecular weight is 519 g/mol. The maximum absolute atomic E-state index is 14.6. The number of nitrogens with one attached hydrogen (secondary N) is 1. The Balaban J connectivity index is 1.36. The van der Waals surface area contributed by atoms with Gasteiger partial charge in [0.05, 0.1) is 29.4 Å². The van der Waals surface area contributed by atoms with Gasteiger partial charge in [0.15, 0.2) is 0 Å². The van der Waals surface area contributed by atoms with E-state index in [1.807, 2.05) is 6.07 Å². The third kappa shape index (κ3) is 5.36. The fraction of sp³-hybridized carbons (Fsp3) is 0.391. The van der Waals surface area contributed by atoms with Gasteiger partial charge in [-0.2, -0.15) is 4.20 Å². The number of likely N-dealkylation sites (tertiary alicyclic amines) is 1. The number of carbonyl (C=O) groups is 4. The fourth-order valence-electron chi connectivity index (χ4n) is 4.83. The Bertz CT molecular complexity index is 1110. The Hall–Kier alpha value is -2.91. The van der Waals surface area contributed by atoms with Gasteiger partial charge in [0.1, 0.15) is 5.78 Å². The summed E-state index contributed by atoms with van der Waals surface area (Å²) in [5, 5.41) is 0. The van der Waals surface area contributed by atoms with Crippen molar-refractivity contribution >= 4 is 42.8 Å². The van der Waals surface area contributed by atoms with Crippen molar-refractivity contribution in [2.45, 2.75) is 31.7 Å². The number of amides is 2. The van der Waals surface area contributed by atoms with Crippen molar-refractivity contribution < 1.29 is 27.9 Å². The second kappa shape index (κ2) is 10.8. The summed E-state index contributed by atoms with van der Waals surface area (Å²) in [5.74, 6) is -3.98. The first kappa shape index (κ1) is 25.2. The first-order chi connectivity index (χ1) is 16.8. The molecule has 0 bridgehead atoms. The topological polar surface area (TPSA) is 119 Å². The van der Waals surface area contributed by atoms with Crippen molar-refractivity contribution in [2.24, 2.45) is 17.8 Å². The second-order valence-corrected chi connectivity index (χ2v) is 11.0. The highest BCUT2D eigenvalue weighted by Crippen LogP contribution is 2.53. The number of Topliss-reactive ketones (excluding diaryl/α,β-unsaturated/α-hetero) is 1. The van der Waals surface area contributed by atoms with Crippen molar-refractivity contribution in [3.05, 3.63) is 60.2 Å². The maximum atomic E-state index is 14.6. The predicted molar refractivity (Wildman–Crippen MR) is 127 cm³/mol. The van der Waals surface area contributed by atoms with Crippen molar-refractivity contribution in [1.82, 2.24) is 19.6 Å². The lowest BCUT2D eigenvalue weighted by molar-refractivity contribution is -0.139. The normalized spacial score (nSPS) is 27.1. The van der Waals surface area contributed by atoms with E-state index in [9.17, 15) is 23.4 Å². The Labute approximate surface area is 207 Å². The van der Waals surface area contributed by atoms with Crippen molar-refractivity contribution in [2.75, 3.05) is 7.05 Å². The molecular weight excluding hydrogens is 494 g/mol. The van der Waals surface area contributed by atoms with Crippen molar-refractivity contribution in [3.63, 3.8) is 0 Å². The summed E-state index contributed by atoms with van der Waals surface area (Å²) in [6, 6.07) is 6.36. The monoisotopic (exact) mass is 518 g/mol. The van der Waals surface area contributed by atoms with Gasteiger partial charge in [-0.1, -0.05) is 19.1 Å². The fourth-order valence-corrected chi connectivity index (χ4v) is 6.27. The van der Waals surface area contributed by atoms with Crippen molar-refractivity contribution in [3.8, 4) is 0 Å². The molecule has 1 saturated heterocycles. The predicted octanol–water partition coefficient (Wildman–Crippen LogP) is 3.51. The molecule has 9 nitrogen and oxygen atoms in total. The van der Waals surface area contributed by atoms with Gasteiger partial charge in [0, 0.05) is 56.5 Å². The number of hydrogen-bond donors (Lipinski definition) is 1. The molecule has 0 radical (unpaired) electrons. The highest BCUT2D eigenvalue weighted by atomic mass is 32.7. The van der Waals surface area contributed by atoms with Gasteiger partial charge in [-0.25, -0.2) is 0 Å². The van der Waals surface area contributed by atoms with Crippen LogP contribution in [0.5, 0.6) is 0 Å². The van der Waals surface area contributed by atoms with Crippen LogP contribution in [0.15, 0.2) is 49.1 Å². The van der Waals surface area contributed by atoms with E-state index in [2.05, 4.69) is 14.7 Å². The van der Waals surface area contributed by atoms with Crippen LogP contribution in [0.4, 0.5) is 4.20 Å². The average Bonchev–Trinajstić information content (AvgIpc) is 3.33. The summed E-state index contributed by atoms with van der Waals surface area (Å²) >= 11 is 0.375. The van der Waals surface area contributed by atoms with Gasteiger partial charge < -0.3 is 9.42 Å². The molecule has 1 aliphatic heterocycles. The number of pyridine rings is 2. The van der Waals surface area contributed by atoms with E-state index in [0.29, 0.717) is 17.1 Å². The quantitative estimate of drug-likeness (QED) is 0.437. The molecule has 1 saturated carbocycles. The molecule has 2 aromatic heterocycles. The Morgan fingerprint density at radius 1 is 1.11 bits per heavy atom. The standard InChI is InChI=1S/C23H24FN4O5PS/c1-13-18(29)9-16(20(13)14-5-3-7-25-11-14)22(31)27-35-34(24)33-23(32)17-10-19(30)28(2)21(17)15-6-4-8-26-12-15/h3-8,11-13,16-17,20-21H,9-10H2,1-2H3,(H,27,31)/t13-,16?,17?,20?,21?,34?/m1/s1. The zero-order valence-corrected chi connectivity index (χ0v) is 20.7. The molecule has 3 heterocycles. The van der Waals surface area contributed by atoms with Crippen LogP contribution in [0.25, 0.3) is 0 Å². The van der Waals surface area contributed by atoms with Gasteiger partial charge >= 0.3 is 13.6 Å². The zero-order valence-electron chi connectivity index (χ0n) is 19.0. The Kier molecular flexibility index (Phi) is 7.76. The number of aromatic nitrogens is 2. The first-order valence-corrected chi connectivity index (χ1v) is 13.6. The van der Waals surface area contributed by atoms with Crippen LogP contribution in [0, 0.1) is 17.8 Å². The zero-order chi connectivity index (χ0) is 25.1. The molecule has 0 spiro atoms. The molecule has 2 amide bonds. The lowest BCUT2D eigenvalue weighted by atomic mass is 9.84. The van der Waals surface area contributed by atoms with Gasteiger partial charge in [-0.05, 0) is 23.3 Å². The molecule has 1 aliphatic carbocycles. The van der Waals surface area contributed by atoms with Crippen LogP contribution < -0.4 is 4.72 Å². The lowest BCUT2D eigenvalue weighted by Crippen LogP contribution is -2.29. The van der Waals surface area contributed by atoms with Gasteiger partial charge in [-0.15, -0.1) is 0 Å². The SMILES string of the molecule is C[C@@H]1C(=O)CC(C(=O)NSP(F)OC(=O)C2CC(=O)N(C)C2c2cccnc2)C1c1cccnc1. The Morgan fingerprint density at radius 2 is 1.77 bits per heavy atom. The van der Waals surface area contributed by atoms with Crippen LogP contribution >= 0.6 is 19.2 Å². The van der Waals surface area contributed by atoms with E-state index in [4.69, 9.17) is 4.52 Å². The van der Waals surface area contributed by atoms with Gasteiger partial charge in [0.2, 0.25) is 11.8 Å². The largest absolute Gasteiger partial charge is 0.403 e. The first-order valence-electron chi connectivity index (χ1n) is 11.0. The third-order valence-electron chi connectivity index (χ3n) is 6.60. The van der Waals surface area contributed by atoms with E-state index in [1.165, 1.54) is 4.90 Å². The molecule has 2 fully saturated rings. The molecule has 0 aromatic carbocycles. The second-order valence-electron chi connectivity index (χ2n) is 8.60. The summed E-state index contributed by atoms with van der Waals surface area (Å²) in [7, 11) is -1.33. The number of rotatable bonds is 7. The molecule has 6 atom stereocenters. The molecule has 1 N–H and O–H groups in total. The summed E-state index contributed by atoms with van der Waals surface area (Å²) in [5.41, 5.74) is 1.41. The minimum atomic E-state index is -2.90. The lowest BCUT2D eigenvalue weighted by Gasteiger charge is -2.24. The van der Waals surface area contributed by atoms with E-state index >= 15 is 0 Å². The van der Waals surface area contributed by atoms with Gasteiger partial charge in [-0.3, -0.25) is 33.9 Å². The molecule has 35 heavy (non-hydrogen) atoms. The maximum Gasteiger partial charge on any atom is 0.364 e. The smallest absolute Gasteiger partial charge is 0.364 e. The van der Waals surface area contributed by atoms with Crippen LogP contribution in [0.3, 0.4) is 0 Å². The van der Waals surface area contributed by atoms with Crippen LogP contribution in [-0.4, -0.2) is 45.5 Å². The number of ketones is 1. The summed E-state index contributed by atoms with van der Waals surface area (Å²) in [4.78, 5) is 59.6. The molecule has 5 unspecified atom stereocenters.